The Balaban J connectivity index is 1.51. The summed E-state index contributed by atoms with van der Waals surface area (Å²) in [4.78, 5) is 0. The summed E-state index contributed by atoms with van der Waals surface area (Å²) in [5, 5.41) is 3.94. The van der Waals surface area contributed by atoms with Gasteiger partial charge in [-0.05, 0) is 66.4 Å². The Bertz CT molecular complexity index is 508. The van der Waals surface area contributed by atoms with Crippen molar-refractivity contribution in [1.29, 1.82) is 0 Å². The van der Waals surface area contributed by atoms with Crippen LogP contribution in [0.5, 0.6) is 0 Å². The van der Waals surface area contributed by atoms with Crippen LogP contribution in [-0.4, -0.2) is 6.54 Å². The maximum absolute atomic E-state index is 3.94. The highest BCUT2D eigenvalue weighted by atomic mass is 14.9. The molecule has 20 heavy (non-hydrogen) atoms. The van der Waals surface area contributed by atoms with Crippen molar-refractivity contribution >= 4 is 0 Å². The summed E-state index contributed by atoms with van der Waals surface area (Å²) in [5.41, 5.74) is 4.19. The number of nitrogens with one attached hydrogen (secondary N) is 1. The maximum atomic E-state index is 3.94. The van der Waals surface area contributed by atoms with Gasteiger partial charge in [-0.25, -0.2) is 0 Å². The Morgan fingerprint density at radius 1 is 1.05 bits per heavy atom. The van der Waals surface area contributed by atoms with Crippen LogP contribution in [0.15, 0.2) is 24.3 Å². The van der Waals surface area contributed by atoms with Gasteiger partial charge in [0.15, 0.2) is 0 Å². The van der Waals surface area contributed by atoms with E-state index in [-0.39, 0.29) is 0 Å². The average Bonchev–Trinajstić information content (AvgIpc) is 3.31. The van der Waals surface area contributed by atoms with Crippen molar-refractivity contribution in [3.63, 3.8) is 0 Å². The van der Waals surface area contributed by atoms with Crippen LogP contribution < -0.4 is 5.32 Å². The van der Waals surface area contributed by atoms with E-state index in [9.17, 15) is 0 Å². The summed E-state index contributed by atoms with van der Waals surface area (Å²) >= 11 is 0. The second kappa shape index (κ2) is 4.34. The molecule has 1 atom stereocenters. The topological polar surface area (TPSA) is 12.0 Å². The first kappa shape index (κ1) is 12.9. The van der Waals surface area contributed by atoms with Crippen LogP contribution in [0.3, 0.4) is 0 Å². The molecule has 1 aromatic rings. The summed E-state index contributed by atoms with van der Waals surface area (Å²) in [6.07, 6.45) is 8.55. The molecule has 1 unspecified atom stereocenters. The van der Waals surface area contributed by atoms with Crippen LogP contribution in [-0.2, 0) is 5.41 Å². The number of hydrogen-bond donors (Lipinski definition) is 1. The van der Waals surface area contributed by atoms with E-state index in [0.717, 1.165) is 5.92 Å². The molecule has 0 aromatic heterocycles. The van der Waals surface area contributed by atoms with Crippen LogP contribution in [0.25, 0.3) is 0 Å². The predicted molar refractivity (Wildman–Crippen MR) is 83.8 cm³/mol. The van der Waals surface area contributed by atoms with Gasteiger partial charge in [0.05, 0.1) is 0 Å². The van der Waals surface area contributed by atoms with Crippen molar-refractivity contribution in [3.8, 4) is 0 Å². The molecule has 1 N–H and O–H groups in total. The highest BCUT2D eigenvalue weighted by molar-refractivity contribution is 5.38. The zero-order chi connectivity index (χ0) is 13.8. The molecule has 4 rings (SSSR count). The summed E-state index contributed by atoms with van der Waals surface area (Å²) in [6, 6.07) is 9.70. The molecule has 2 fully saturated rings. The fraction of sp³-hybridized carbons (Fsp3) is 0.684. The van der Waals surface area contributed by atoms with Crippen LogP contribution >= 0.6 is 0 Å². The summed E-state index contributed by atoms with van der Waals surface area (Å²) in [5.74, 6) is 1.06. The maximum Gasteiger partial charge on any atom is 0.0323 e. The summed E-state index contributed by atoms with van der Waals surface area (Å²) in [6.45, 7) is 6.06. The molecule has 0 bridgehead atoms. The van der Waals surface area contributed by atoms with Gasteiger partial charge in [-0.2, -0.15) is 0 Å². The molecule has 1 heteroatoms. The van der Waals surface area contributed by atoms with Crippen molar-refractivity contribution in [2.45, 2.75) is 63.8 Å². The molecular weight excluding hydrogens is 242 g/mol. The van der Waals surface area contributed by atoms with E-state index < -0.39 is 0 Å². The van der Waals surface area contributed by atoms with Gasteiger partial charge >= 0.3 is 0 Å². The minimum atomic E-state index is 0.350. The van der Waals surface area contributed by atoms with Gasteiger partial charge < -0.3 is 5.32 Å². The fourth-order valence-corrected chi connectivity index (χ4v) is 4.34. The van der Waals surface area contributed by atoms with E-state index >= 15 is 0 Å². The third-order valence-corrected chi connectivity index (χ3v) is 6.16. The molecule has 0 heterocycles. The number of fused-ring (bicyclic) bond motifs is 1. The molecule has 0 radical (unpaired) electrons. The largest absolute Gasteiger partial charge is 0.309 e. The second-order valence-corrected chi connectivity index (χ2v) is 8.08. The van der Waals surface area contributed by atoms with Crippen molar-refractivity contribution in [3.05, 3.63) is 35.4 Å². The Kier molecular flexibility index (Phi) is 2.79. The quantitative estimate of drug-likeness (QED) is 0.843. The number of rotatable bonds is 4. The Hall–Kier alpha value is -0.820. The number of hydrogen-bond acceptors (Lipinski definition) is 1. The molecule has 0 spiro atoms. The zero-order valence-corrected chi connectivity index (χ0v) is 12.9. The average molecular weight is 269 g/mol. The lowest BCUT2D eigenvalue weighted by Crippen LogP contribution is -2.35. The van der Waals surface area contributed by atoms with Crippen LogP contribution in [0.1, 0.15) is 69.5 Å². The lowest BCUT2D eigenvalue weighted by atomic mass is 9.71. The van der Waals surface area contributed by atoms with Gasteiger partial charge in [0.1, 0.15) is 0 Å². The van der Waals surface area contributed by atoms with Crippen LogP contribution in [0.2, 0.25) is 0 Å². The van der Waals surface area contributed by atoms with E-state index in [1.54, 1.807) is 11.1 Å². The van der Waals surface area contributed by atoms with Gasteiger partial charge in [0, 0.05) is 12.6 Å². The molecular formula is C19H27N. The van der Waals surface area contributed by atoms with Gasteiger partial charge in [0.2, 0.25) is 0 Å². The minimum absolute atomic E-state index is 0.350. The van der Waals surface area contributed by atoms with Gasteiger partial charge in [0.25, 0.3) is 0 Å². The van der Waals surface area contributed by atoms with Crippen LogP contribution in [0, 0.1) is 11.3 Å². The Labute approximate surface area is 123 Å². The molecule has 2 saturated carbocycles. The highest BCUT2D eigenvalue weighted by Crippen LogP contribution is 2.61. The third-order valence-electron chi connectivity index (χ3n) is 6.16. The lowest BCUT2D eigenvalue weighted by molar-refractivity contribution is 0.320. The molecule has 3 aliphatic carbocycles. The molecule has 3 aliphatic rings. The molecule has 0 saturated heterocycles. The molecule has 108 valence electrons. The van der Waals surface area contributed by atoms with Crippen LogP contribution in [0.4, 0.5) is 0 Å². The van der Waals surface area contributed by atoms with E-state index in [1.165, 1.54) is 45.1 Å². The first-order valence-corrected chi connectivity index (χ1v) is 8.44. The smallest absolute Gasteiger partial charge is 0.0323 e. The summed E-state index contributed by atoms with van der Waals surface area (Å²) in [7, 11) is 0. The fourth-order valence-electron chi connectivity index (χ4n) is 4.34. The van der Waals surface area contributed by atoms with Crippen molar-refractivity contribution in [1.82, 2.24) is 5.32 Å². The second-order valence-electron chi connectivity index (χ2n) is 8.08. The minimum Gasteiger partial charge on any atom is -0.309 e. The molecule has 0 amide bonds. The number of benzene rings is 1. The van der Waals surface area contributed by atoms with Crippen molar-refractivity contribution < 1.29 is 0 Å². The normalized spacial score (nSPS) is 29.8. The molecule has 1 aromatic carbocycles. The van der Waals surface area contributed by atoms with Crippen molar-refractivity contribution in [2.24, 2.45) is 11.3 Å². The van der Waals surface area contributed by atoms with E-state index in [1.807, 2.05) is 0 Å². The first-order valence-electron chi connectivity index (χ1n) is 8.44. The summed E-state index contributed by atoms with van der Waals surface area (Å²) < 4.78 is 0. The SMILES string of the molecule is CC1(C)CCC(NCC2(C3CC3)CC2)c2ccccc21. The Morgan fingerprint density at radius 2 is 1.80 bits per heavy atom. The predicted octanol–water partition coefficient (Wildman–Crippen LogP) is 4.58. The monoisotopic (exact) mass is 269 g/mol. The van der Waals surface area contributed by atoms with E-state index in [4.69, 9.17) is 0 Å². The van der Waals surface area contributed by atoms with E-state index in [2.05, 4.69) is 43.4 Å². The highest BCUT2D eigenvalue weighted by Gasteiger charge is 2.53. The molecule has 1 nitrogen and oxygen atoms in total. The Morgan fingerprint density at radius 3 is 2.50 bits per heavy atom. The van der Waals surface area contributed by atoms with E-state index in [0.29, 0.717) is 16.9 Å². The zero-order valence-electron chi connectivity index (χ0n) is 12.9. The van der Waals surface area contributed by atoms with Gasteiger partial charge in [-0.1, -0.05) is 38.1 Å². The third kappa shape index (κ3) is 2.11. The molecule has 0 aliphatic heterocycles. The van der Waals surface area contributed by atoms with Gasteiger partial charge in [-0.15, -0.1) is 0 Å². The lowest BCUT2D eigenvalue weighted by Gasteiger charge is -2.38. The van der Waals surface area contributed by atoms with Gasteiger partial charge in [-0.3, -0.25) is 0 Å². The first-order chi connectivity index (χ1) is 9.61. The van der Waals surface area contributed by atoms with Crippen molar-refractivity contribution in [2.75, 3.05) is 6.54 Å². The standard InChI is InChI=1S/C19H27N/c1-18(2)10-9-17(15-5-3-4-6-16(15)18)20-13-19(11-12-19)14-7-8-14/h3-6,14,17,20H,7-13H2,1-2H3.